The maximum absolute atomic E-state index is 13.0. The molecule has 0 radical (unpaired) electrons. The summed E-state index contributed by atoms with van der Waals surface area (Å²) in [7, 11) is 0. The highest BCUT2D eigenvalue weighted by molar-refractivity contribution is 5.74. The van der Waals surface area contributed by atoms with Crippen LogP contribution in [0.1, 0.15) is 29.3 Å². The first-order valence-corrected chi connectivity index (χ1v) is 13.1. The van der Waals surface area contributed by atoms with Crippen molar-refractivity contribution in [1.29, 1.82) is 5.26 Å². The third-order valence-corrected chi connectivity index (χ3v) is 7.55. The van der Waals surface area contributed by atoms with Crippen molar-refractivity contribution in [3.05, 3.63) is 70.9 Å². The molecule has 38 heavy (non-hydrogen) atoms. The SMILES string of the molecule is CC(=O)N1CCc2c(c(-c3ccc(CF)cc3)nn2CC(O)CN2CCN(c3ccccc3C#N)CC2)C1. The molecule has 1 unspecified atom stereocenters. The maximum Gasteiger partial charge on any atom is 0.219 e. The van der Waals surface area contributed by atoms with E-state index in [0.717, 1.165) is 54.4 Å². The Kier molecular flexibility index (Phi) is 7.72. The number of alkyl halides is 1. The summed E-state index contributed by atoms with van der Waals surface area (Å²) < 4.78 is 14.9. The predicted octanol–water partition coefficient (Wildman–Crippen LogP) is 2.98. The summed E-state index contributed by atoms with van der Waals surface area (Å²) in [5.41, 5.74) is 5.96. The van der Waals surface area contributed by atoms with Gasteiger partial charge in [0.2, 0.25) is 5.91 Å². The largest absolute Gasteiger partial charge is 0.390 e. The molecule has 1 saturated heterocycles. The van der Waals surface area contributed by atoms with Crippen LogP contribution in [-0.2, 0) is 31.0 Å². The summed E-state index contributed by atoms with van der Waals surface area (Å²) >= 11 is 0. The first-order chi connectivity index (χ1) is 18.5. The number of carbonyl (C=O) groups excluding carboxylic acids is 1. The Labute approximate surface area is 222 Å². The second-order valence-corrected chi connectivity index (χ2v) is 10.0. The Balaban J connectivity index is 1.28. The van der Waals surface area contributed by atoms with E-state index < -0.39 is 12.8 Å². The van der Waals surface area contributed by atoms with Crippen LogP contribution >= 0.6 is 0 Å². The number of para-hydroxylation sites is 1. The van der Waals surface area contributed by atoms with Crippen molar-refractivity contribution < 1.29 is 14.3 Å². The highest BCUT2D eigenvalue weighted by Gasteiger charge is 2.28. The average molecular weight is 517 g/mol. The summed E-state index contributed by atoms with van der Waals surface area (Å²) in [4.78, 5) is 18.4. The minimum Gasteiger partial charge on any atom is -0.390 e. The number of halogens is 1. The van der Waals surface area contributed by atoms with Crippen LogP contribution in [0, 0.1) is 11.3 Å². The van der Waals surface area contributed by atoms with Gasteiger partial charge in [-0.25, -0.2) is 4.39 Å². The third-order valence-electron chi connectivity index (χ3n) is 7.55. The Morgan fingerprint density at radius 2 is 1.82 bits per heavy atom. The van der Waals surface area contributed by atoms with Gasteiger partial charge in [0.1, 0.15) is 12.7 Å². The summed E-state index contributed by atoms with van der Waals surface area (Å²) in [6.45, 7) is 6.24. The standard InChI is InChI=1S/C29H33FN6O2/c1-21(37)35-11-10-28-26(20-35)29(23-8-6-22(16-30)7-9-23)32-36(28)19-25(38)18-33-12-14-34(15-13-33)27-5-3-2-4-24(27)17-31/h2-9,25,38H,10-16,18-20H2,1H3. The average Bonchev–Trinajstić information content (AvgIpc) is 3.30. The van der Waals surface area contributed by atoms with Crippen molar-refractivity contribution >= 4 is 11.6 Å². The van der Waals surface area contributed by atoms with Crippen molar-refractivity contribution in [3.63, 3.8) is 0 Å². The van der Waals surface area contributed by atoms with Crippen LogP contribution in [-0.4, -0.2) is 76.0 Å². The van der Waals surface area contributed by atoms with Gasteiger partial charge in [-0.15, -0.1) is 0 Å². The zero-order chi connectivity index (χ0) is 26.6. The molecule has 1 atom stereocenters. The van der Waals surface area contributed by atoms with E-state index in [2.05, 4.69) is 15.9 Å². The van der Waals surface area contributed by atoms with Crippen LogP contribution in [0.4, 0.5) is 10.1 Å². The number of amides is 1. The molecule has 1 N–H and O–H groups in total. The van der Waals surface area contributed by atoms with E-state index in [1.807, 2.05) is 46.0 Å². The van der Waals surface area contributed by atoms with Gasteiger partial charge in [0, 0.05) is 76.0 Å². The van der Waals surface area contributed by atoms with Gasteiger partial charge < -0.3 is 14.9 Å². The van der Waals surface area contributed by atoms with Gasteiger partial charge >= 0.3 is 0 Å². The summed E-state index contributed by atoms with van der Waals surface area (Å²) in [5.74, 6) is 0.0266. The minimum absolute atomic E-state index is 0.0266. The van der Waals surface area contributed by atoms with Crippen molar-refractivity contribution in [2.75, 3.05) is 44.2 Å². The number of hydrogen-bond acceptors (Lipinski definition) is 6. The lowest BCUT2D eigenvalue weighted by atomic mass is 10.00. The number of nitrogens with zero attached hydrogens (tertiary/aromatic N) is 6. The number of piperazine rings is 1. The fourth-order valence-corrected chi connectivity index (χ4v) is 5.46. The second-order valence-electron chi connectivity index (χ2n) is 10.0. The quantitative estimate of drug-likeness (QED) is 0.520. The lowest BCUT2D eigenvalue weighted by molar-refractivity contribution is -0.129. The molecule has 3 aromatic rings. The Hall–Kier alpha value is -3.74. The predicted molar refractivity (Wildman–Crippen MR) is 143 cm³/mol. The number of aliphatic hydroxyl groups excluding tert-OH is 1. The Morgan fingerprint density at radius 3 is 2.50 bits per heavy atom. The molecular formula is C29H33FN6O2. The Morgan fingerprint density at radius 1 is 1.08 bits per heavy atom. The van der Waals surface area contributed by atoms with E-state index in [1.54, 1.807) is 19.1 Å². The number of aromatic nitrogens is 2. The third kappa shape index (κ3) is 5.42. The van der Waals surface area contributed by atoms with E-state index in [-0.39, 0.29) is 5.91 Å². The summed E-state index contributed by atoms with van der Waals surface area (Å²) in [6, 6.07) is 17.2. The molecule has 1 fully saturated rings. The van der Waals surface area contributed by atoms with E-state index >= 15 is 0 Å². The van der Waals surface area contributed by atoms with Gasteiger partial charge in [0.15, 0.2) is 0 Å². The lowest BCUT2D eigenvalue weighted by Gasteiger charge is -2.37. The second kappa shape index (κ2) is 11.3. The molecule has 0 bridgehead atoms. The number of hydrogen-bond donors (Lipinski definition) is 1. The highest BCUT2D eigenvalue weighted by atomic mass is 19.1. The zero-order valence-corrected chi connectivity index (χ0v) is 21.7. The summed E-state index contributed by atoms with van der Waals surface area (Å²) in [6.07, 6.45) is 0.0679. The van der Waals surface area contributed by atoms with Crippen molar-refractivity contribution in [2.45, 2.75) is 39.2 Å². The molecule has 198 valence electrons. The molecule has 1 amide bonds. The van der Waals surface area contributed by atoms with E-state index in [9.17, 15) is 19.6 Å². The first-order valence-electron chi connectivity index (χ1n) is 13.1. The number of β-amino-alcohol motifs (C(OH)–C–C–N with tert-alkyl or cyclic N) is 1. The molecule has 3 heterocycles. The van der Waals surface area contributed by atoms with E-state index in [1.165, 1.54) is 0 Å². The monoisotopic (exact) mass is 516 g/mol. The Bertz CT molecular complexity index is 1320. The van der Waals surface area contributed by atoms with Crippen molar-refractivity contribution in [1.82, 2.24) is 19.6 Å². The number of nitriles is 1. The van der Waals surface area contributed by atoms with E-state index in [0.29, 0.717) is 43.7 Å². The van der Waals surface area contributed by atoms with Gasteiger partial charge in [-0.3, -0.25) is 14.4 Å². The highest BCUT2D eigenvalue weighted by Crippen LogP contribution is 2.31. The number of fused-ring (bicyclic) bond motifs is 1. The first kappa shape index (κ1) is 25.9. The van der Waals surface area contributed by atoms with Crippen molar-refractivity contribution in [2.24, 2.45) is 0 Å². The number of carbonyl (C=O) groups is 1. The van der Waals surface area contributed by atoms with Crippen LogP contribution in [0.5, 0.6) is 0 Å². The number of aliphatic hydroxyl groups is 1. The van der Waals surface area contributed by atoms with Gasteiger partial charge in [0.25, 0.3) is 0 Å². The van der Waals surface area contributed by atoms with Crippen LogP contribution in [0.2, 0.25) is 0 Å². The van der Waals surface area contributed by atoms with Gasteiger partial charge in [-0.1, -0.05) is 36.4 Å². The van der Waals surface area contributed by atoms with Crippen LogP contribution in [0.3, 0.4) is 0 Å². The molecular weight excluding hydrogens is 483 g/mol. The van der Waals surface area contributed by atoms with Crippen LogP contribution in [0.25, 0.3) is 11.3 Å². The molecule has 2 aromatic carbocycles. The molecule has 1 aromatic heterocycles. The lowest BCUT2D eigenvalue weighted by Crippen LogP contribution is -2.49. The molecule has 5 rings (SSSR count). The van der Waals surface area contributed by atoms with Crippen LogP contribution in [0.15, 0.2) is 48.5 Å². The molecule has 8 nitrogen and oxygen atoms in total. The fourth-order valence-electron chi connectivity index (χ4n) is 5.46. The van der Waals surface area contributed by atoms with Crippen molar-refractivity contribution in [3.8, 4) is 17.3 Å². The smallest absolute Gasteiger partial charge is 0.219 e. The number of rotatable bonds is 7. The molecule has 2 aliphatic rings. The van der Waals surface area contributed by atoms with Gasteiger partial charge in [-0.2, -0.15) is 10.4 Å². The van der Waals surface area contributed by atoms with Gasteiger partial charge in [-0.05, 0) is 17.7 Å². The zero-order valence-electron chi connectivity index (χ0n) is 21.7. The molecule has 2 aliphatic heterocycles. The van der Waals surface area contributed by atoms with E-state index in [4.69, 9.17) is 5.10 Å². The molecule has 9 heteroatoms. The molecule has 0 spiro atoms. The van der Waals surface area contributed by atoms with Crippen LogP contribution < -0.4 is 4.90 Å². The normalized spacial score (nSPS) is 16.7. The number of benzene rings is 2. The number of anilines is 1. The van der Waals surface area contributed by atoms with Gasteiger partial charge in [0.05, 0.1) is 29.6 Å². The molecule has 0 saturated carbocycles. The minimum atomic E-state index is -0.607. The molecule has 0 aliphatic carbocycles. The summed E-state index contributed by atoms with van der Waals surface area (Å²) in [5, 5.41) is 25.3. The fraction of sp³-hybridized carbons (Fsp3) is 0.414. The maximum atomic E-state index is 13.0. The topological polar surface area (TPSA) is 88.6 Å².